The number of ether oxygens (including phenoxy) is 1. The molecule has 3 rings (SSSR count). The van der Waals surface area contributed by atoms with Gasteiger partial charge in [0.05, 0.1) is 47.8 Å². The maximum absolute atomic E-state index is 12.9. The van der Waals surface area contributed by atoms with Gasteiger partial charge in [0.2, 0.25) is 5.91 Å². The number of fused-ring (bicyclic) bond motifs is 1. The van der Waals surface area contributed by atoms with Crippen LogP contribution in [0, 0.1) is 0 Å². The molecule has 7 heteroatoms. The average Bonchev–Trinajstić information content (AvgIpc) is 2.57. The highest BCUT2D eigenvalue weighted by Crippen LogP contribution is 2.25. The highest BCUT2D eigenvalue weighted by Gasteiger charge is 2.43. The molecule has 2 saturated heterocycles. The first-order valence-electron chi connectivity index (χ1n) is 8.18. The normalized spacial score (nSPS) is 27.2. The number of carbonyl (C=O) groups excluding carboxylic acids is 1. The van der Waals surface area contributed by atoms with E-state index in [2.05, 4.69) is 10.2 Å². The molecule has 24 heavy (non-hydrogen) atoms. The molecule has 2 fully saturated rings. The van der Waals surface area contributed by atoms with Crippen molar-refractivity contribution in [1.29, 1.82) is 0 Å². The molecule has 2 heterocycles. The van der Waals surface area contributed by atoms with Crippen LogP contribution in [0.1, 0.15) is 5.56 Å². The molecular weight excluding hydrogens is 349 g/mol. The van der Waals surface area contributed by atoms with E-state index < -0.39 is 0 Å². The van der Waals surface area contributed by atoms with Crippen LogP contribution in [0.5, 0.6) is 0 Å². The van der Waals surface area contributed by atoms with Gasteiger partial charge in [0.1, 0.15) is 0 Å². The van der Waals surface area contributed by atoms with Crippen molar-refractivity contribution < 1.29 is 9.53 Å². The van der Waals surface area contributed by atoms with Gasteiger partial charge < -0.3 is 19.9 Å². The molecule has 132 valence electrons. The third kappa shape index (κ3) is 3.70. The SMILES string of the molecule is CN(C)C1COCC2NCCN(C(=O)Cc3ccc(Cl)c(Cl)c3)[C@@H]21. The summed E-state index contributed by atoms with van der Waals surface area (Å²) in [5, 5.41) is 4.48. The average molecular weight is 372 g/mol. The Labute approximate surface area is 152 Å². The first-order chi connectivity index (χ1) is 11.5. The van der Waals surface area contributed by atoms with E-state index in [1.807, 2.05) is 25.1 Å². The zero-order valence-electron chi connectivity index (χ0n) is 14.0. The lowest BCUT2D eigenvalue weighted by Crippen LogP contribution is -2.70. The van der Waals surface area contributed by atoms with E-state index in [9.17, 15) is 4.79 Å². The minimum Gasteiger partial charge on any atom is -0.378 e. The predicted molar refractivity (Wildman–Crippen MR) is 95.8 cm³/mol. The number of nitrogens with zero attached hydrogens (tertiary/aromatic N) is 2. The standard InChI is InChI=1S/C17H23Cl2N3O2/c1-21(2)15-10-24-9-14-17(15)22(6-5-20-14)16(23)8-11-3-4-12(18)13(19)7-11/h3-4,7,14-15,17,20H,5-6,8-10H2,1-2H3/t14?,15?,17-/m0/s1. The monoisotopic (exact) mass is 371 g/mol. The molecule has 0 saturated carbocycles. The summed E-state index contributed by atoms with van der Waals surface area (Å²) in [5.41, 5.74) is 0.887. The molecule has 0 radical (unpaired) electrons. The molecule has 0 spiro atoms. The van der Waals surface area contributed by atoms with Crippen LogP contribution in [0.15, 0.2) is 18.2 Å². The van der Waals surface area contributed by atoms with Crippen molar-refractivity contribution in [2.45, 2.75) is 24.5 Å². The second-order valence-corrected chi connectivity index (χ2v) is 7.45. The molecule has 1 aromatic rings. The molecule has 0 aromatic heterocycles. The van der Waals surface area contributed by atoms with Crippen molar-refractivity contribution in [2.75, 3.05) is 40.4 Å². The smallest absolute Gasteiger partial charge is 0.227 e. The van der Waals surface area contributed by atoms with E-state index in [4.69, 9.17) is 27.9 Å². The van der Waals surface area contributed by atoms with Crippen molar-refractivity contribution in [3.05, 3.63) is 33.8 Å². The maximum Gasteiger partial charge on any atom is 0.227 e. The summed E-state index contributed by atoms with van der Waals surface area (Å²) in [6.45, 7) is 2.79. The number of amides is 1. The fourth-order valence-corrected chi connectivity index (χ4v) is 3.90. The van der Waals surface area contributed by atoms with E-state index in [1.54, 1.807) is 12.1 Å². The van der Waals surface area contributed by atoms with Crippen LogP contribution >= 0.6 is 23.2 Å². The maximum atomic E-state index is 12.9. The second-order valence-electron chi connectivity index (χ2n) is 6.63. The molecule has 1 N–H and O–H groups in total. The van der Waals surface area contributed by atoms with Crippen molar-refractivity contribution in [2.24, 2.45) is 0 Å². The van der Waals surface area contributed by atoms with Crippen LogP contribution in [0.3, 0.4) is 0 Å². The summed E-state index contributed by atoms with van der Waals surface area (Å²) < 4.78 is 5.71. The number of nitrogens with one attached hydrogen (secondary N) is 1. The Kier molecular flexibility index (Phi) is 5.67. The molecule has 1 aromatic carbocycles. The first kappa shape index (κ1) is 18.0. The second kappa shape index (κ2) is 7.58. The van der Waals surface area contributed by atoms with Gasteiger partial charge in [-0.15, -0.1) is 0 Å². The van der Waals surface area contributed by atoms with E-state index in [0.717, 1.165) is 12.1 Å². The van der Waals surface area contributed by atoms with Gasteiger partial charge in [0.15, 0.2) is 0 Å². The predicted octanol–water partition coefficient (Wildman–Crippen LogP) is 1.67. The summed E-state index contributed by atoms with van der Waals surface area (Å²) in [5.74, 6) is 0.124. The summed E-state index contributed by atoms with van der Waals surface area (Å²) in [7, 11) is 4.07. The van der Waals surface area contributed by atoms with Crippen LogP contribution in [-0.2, 0) is 16.0 Å². The molecule has 0 bridgehead atoms. The Bertz CT molecular complexity index is 609. The van der Waals surface area contributed by atoms with Crippen LogP contribution in [0.25, 0.3) is 0 Å². The van der Waals surface area contributed by atoms with Crippen LogP contribution in [0.2, 0.25) is 10.0 Å². The van der Waals surface area contributed by atoms with Gasteiger partial charge in [0, 0.05) is 13.1 Å². The Balaban J connectivity index is 1.77. The van der Waals surface area contributed by atoms with Crippen LogP contribution in [0.4, 0.5) is 0 Å². The van der Waals surface area contributed by atoms with Gasteiger partial charge in [-0.3, -0.25) is 4.79 Å². The fourth-order valence-electron chi connectivity index (χ4n) is 3.58. The lowest BCUT2D eigenvalue weighted by atomic mass is 9.93. The third-order valence-electron chi connectivity index (χ3n) is 4.83. The van der Waals surface area contributed by atoms with Crippen molar-refractivity contribution in [3.63, 3.8) is 0 Å². The Morgan fingerprint density at radius 2 is 2.12 bits per heavy atom. The van der Waals surface area contributed by atoms with Gasteiger partial charge in [-0.05, 0) is 31.8 Å². The van der Waals surface area contributed by atoms with Gasteiger partial charge in [-0.25, -0.2) is 0 Å². The van der Waals surface area contributed by atoms with E-state index in [1.165, 1.54) is 0 Å². The minimum absolute atomic E-state index is 0.123. The molecular formula is C17H23Cl2N3O2. The van der Waals surface area contributed by atoms with Crippen LogP contribution in [-0.4, -0.2) is 74.2 Å². The lowest BCUT2D eigenvalue weighted by Gasteiger charge is -2.50. The Morgan fingerprint density at radius 1 is 1.33 bits per heavy atom. The molecule has 3 atom stereocenters. The Morgan fingerprint density at radius 3 is 2.83 bits per heavy atom. The zero-order valence-corrected chi connectivity index (χ0v) is 15.5. The number of hydrogen-bond acceptors (Lipinski definition) is 4. The lowest BCUT2D eigenvalue weighted by molar-refractivity contribution is -0.142. The van der Waals surface area contributed by atoms with E-state index >= 15 is 0 Å². The van der Waals surface area contributed by atoms with Crippen molar-refractivity contribution in [3.8, 4) is 0 Å². The van der Waals surface area contributed by atoms with E-state index in [0.29, 0.717) is 36.2 Å². The molecule has 2 aliphatic heterocycles. The van der Waals surface area contributed by atoms with Crippen molar-refractivity contribution >= 4 is 29.1 Å². The molecule has 0 aliphatic carbocycles. The third-order valence-corrected chi connectivity index (χ3v) is 5.57. The number of piperazine rings is 1. The summed E-state index contributed by atoms with van der Waals surface area (Å²) in [6.07, 6.45) is 0.334. The molecule has 1 amide bonds. The van der Waals surface area contributed by atoms with E-state index in [-0.39, 0.29) is 24.0 Å². The number of halogens is 2. The van der Waals surface area contributed by atoms with Crippen LogP contribution < -0.4 is 5.32 Å². The zero-order chi connectivity index (χ0) is 17.3. The number of hydrogen-bond donors (Lipinski definition) is 1. The number of likely N-dealkylation sites (N-methyl/N-ethyl adjacent to an activating group) is 1. The number of carbonyl (C=O) groups is 1. The minimum atomic E-state index is 0.123. The summed E-state index contributed by atoms with van der Waals surface area (Å²) in [4.78, 5) is 17.1. The highest BCUT2D eigenvalue weighted by atomic mass is 35.5. The quantitative estimate of drug-likeness (QED) is 0.877. The van der Waals surface area contributed by atoms with Crippen molar-refractivity contribution in [1.82, 2.24) is 15.1 Å². The molecule has 2 aliphatic rings. The summed E-state index contributed by atoms with van der Waals surface area (Å²) >= 11 is 12.0. The fraction of sp³-hybridized carbons (Fsp3) is 0.588. The number of benzene rings is 1. The highest BCUT2D eigenvalue weighted by molar-refractivity contribution is 6.42. The number of rotatable bonds is 3. The molecule has 5 nitrogen and oxygen atoms in total. The largest absolute Gasteiger partial charge is 0.378 e. The summed E-state index contributed by atoms with van der Waals surface area (Å²) in [6, 6.07) is 5.86. The Hall–Kier alpha value is -0.850. The van der Waals surface area contributed by atoms with Gasteiger partial charge in [-0.1, -0.05) is 29.3 Å². The first-order valence-corrected chi connectivity index (χ1v) is 8.94. The van der Waals surface area contributed by atoms with Gasteiger partial charge in [-0.2, -0.15) is 0 Å². The van der Waals surface area contributed by atoms with Gasteiger partial charge >= 0.3 is 0 Å². The van der Waals surface area contributed by atoms with Gasteiger partial charge in [0.25, 0.3) is 0 Å². The topological polar surface area (TPSA) is 44.8 Å². The molecule has 2 unspecified atom stereocenters.